The van der Waals surface area contributed by atoms with Crippen molar-refractivity contribution in [1.29, 1.82) is 0 Å². The van der Waals surface area contributed by atoms with Crippen LogP contribution in [0.1, 0.15) is 23.6 Å². The van der Waals surface area contributed by atoms with Crippen molar-refractivity contribution in [3.05, 3.63) is 61.8 Å². The van der Waals surface area contributed by atoms with Crippen molar-refractivity contribution >= 4 is 40.0 Å². The van der Waals surface area contributed by atoms with Gasteiger partial charge in [-0.2, -0.15) is 0 Å². The first-order valence-electron chi connectivity index (χ1n) is 6.42. The molecular weight excluding hydrogens is 288 g/mol. The fourth-order valence-corrected chi connectivity index (χ4v) is 5.12. The lowest BCUT2D eigenvalue weighted by Crippen LogP contribution is -2.03. The maximum atomic E-state index is 2.35. The molecule has 2 aromatic heterocycles. The highest BCUT2D eigenvalue weighted by atomic mass is 32.2. The highest BCUT2D eigenvalue weighted by Gasteiger charge is 2.22. The maximum absolute atomic E-state index is 2.35. The molecule has 2 aromatic rings. The zero-order chi connectivity index (χ0) is 13.2. The second-order valence-electron chi connectivity index (χ2n) is 4.88. The van der Waals surface area contributed by atoms with E-state index >= 15 is 0 Å². The summed E-state index contributed by atoms with van der Waals surface area (Å²) in [5.41, 5.74) is 1.41. The minimum atomic E-state index is 0.616. The quantitative estimate of drug-likeness (QED) is 0.680. The number of allylic oxidation sites excluding steroid dienone is 1. The molecule has 0 spiro atoms. The first-order chi connectivity index (χ1) is 9.25. The second-order valence-corrected chi connectivity index (χ2v) is 7.99. The lowest BCUT2D eigenvalue weighted by atomic mass is 10.1. The summed E-state index contributed by atoms with van der Waals surface area (Å²) in [7, 11) is 0. The summed E-state index contributed by atoms with van der Waals surface area (Å²) < 4.78 is 0. The smallest absolute Gasteiger partial charge is 0.0368 e. The number of hydrogen-bond donors (Lipinski definition) is 0. The van der Waals surface area contributed by atoms with E-state index in [2.05, 4.69) is 61.0 Å². The highest BCUT2D eigenvalue weighted by Crippen LogP contribution is 2.43. The Hall–Kier alpha value is -0.770. The molecule has 0 fully saturated rings. The van der Waals surface area contributed by atoms with Crippen LogP contribution in [0.4, 0.5) is 0 Å². The van der Waals surface area contributed by atoms with Crippen LogP contribution in [0.15, 0.2) is 52.1 Å². The molecule has 1 aliphatic heterocycles. The molecule has 0 saturated carbocycles. The van der Waals surface area contributed by atoms with E-state index in [1.807, 2.05) is 34.4 Å². The molecule has 3 heterocycles. The predicted octanol–water partition coefficient (Wildman–Crippen LogP) is 5.90. The molecule has 0 aromatic carbocycles. The van der Waals surface area contributed by atoms with Crippen LogP contribution >= 0.6 is 34.4 Å². The zero-order valence-corrected chi connectivity index (χ0v) is 13.4. The van der Waals surface area contributed by atoms with Gasteiger partial charge in [-0.05, 0) is 28.8 Å². The van der Waals surface area contributed by atoms with Crippen molar-refractivity contribution in [3.8, 4) is 0 Å². The zero-order valence-electron chi connectivity index (χ0n) is 11.0. The van der Waals surface area contributed by atoms with E-state index in [1.165, 1.54) is 20.2 Å². The van der Waals surface area contributed by atoms with Crippen molar-refractivity contribution < 1.29 is 0 Å². The highest BCUT2D eigenvalue weighted by molar-refractivity contribution is 8.04. The Morgan fingerprint density at radius 3 is 2.11 bits per heavy atom. The first kappa shape index (κ1) is 13.2. The molecule has 3 rings (SSSR count). The predicted molar refractivity (Wildman–Crippen MR) is 90.0 cm³/mol. The van der Waals surface area contributed by atoms with Gasteiger partial charge < -0.3 is 0 Å². The number of thiophene rings is 2. The average Bonchev–Trinajstić information content (AvgIpc) is 3.12. The molecule has 98 valence electrons. The van der Waals surface area contributed by atoms with Gasteiger partial charge in [0.1, 0.15) is 0 Å². The van der Waals surface area contributed by atoms with Crippen LogP contribution in [0.2, 0.25) is 0 Å². The van der Waals surface area contributed by atoms with Gasteiger partial charge in [-0.1, -0.05) is 38.1 Å². The lowest BCUT2D eigenvalue weighted by molar-refractivity contribution is 0.682. The van der Waals surface area contributed by atoms with Gasteiger partial charge in [0, 0.05) is 25.5 Å². The van der Waals surface area contributed by atoms with Crippen LogP contribution in [-0.2, 0) is 0 Å². The lowest BCUT2D eigenvalue weighted by Gasteiger charge is -2.13. The van der Waals surface area contributed by atoms with E-state index in [1.54, 1.807) is 0 Å². The van der Waals surface area contributed by atoms with Gasteiger partial charge in [0.15, 0.2) is 0 Å². The van der Waals surface area contributed by atoms with Crippen LogP contribution in [0.25, 0.3) is 5.57 Å². The molecular formula is C16H16S3. The molecule has 0 amide bonds. The molecule has 1 unspecified atom stereocenters. The van der Waals surface area contributed by atoms with Crippen LogP contribution in [0, 0.1) is 5.92 Å². The topological polar surface area (TPSA) is 0 Å². The van der Waals surface area contributed by atoms with Crippen LogP contribution in [0.5, 0.6) is 0 Å². The van der Waals surface area contributed by atoms with Gasteiger partial charge in [0.2, 0.25) is 0 Å². The molecule has 0 radical (unpaired) electrons. The third-order valence-corrected chi connectivity index (χ3v) is 6.48. The fraction of sp³-hybridized carbons (Fsp3) is 0.250. The number of hydrogen-bond acceptors (Lipinski definition) is 3. The Morgan fingerprint density at radius 2 is 1.68 bits per heavy atom. The fourth-order valence-electron chi connectivity index (χ4n) is 2.11. The van der Waals surface area contributed by atoms with E-state index < -0.39 is 0 Å². The minimum absolute atomic E-state index is 0.616. The monoisotopic (exact) mass is 304 g/mol. The minimum Gasteiger partial charge on any atom is -0.144 e. The van der Waals surface area contributed by atoms with Crippen LogP contribution in [-0.4, -0.2) is 5.25 Å². The van der Waals surface area contributed by atoms with Crippen molar-refractivity contribution in [3.63, 3.8) is 0 Å². The standard InChI is InChI=1S/C16H16S3/c1-11(2)12-7-8-15(19-12)16(13-5-3-9-17-13)14-6-4-10-18-14/h3-12H,1-2H3. The van der Waals surface area contributed by atoms with Gasteiger partial charge in [-0.3, -0.25) is 0 Å². The van der Waals surface area contributed by atoms with E-state index in [0.717, 1.165) is 0 Å². The van der Waals surface area contributed by atoms with Crippen molar-refractivity contribution in [2.75, 3.05) is 0 Å². The Balaban J connectivity index is 2.04. The molecule has 0 aliphatic carbocycles. The summed E-state index contributed by atoms with van der Waals surface area (Å²) in [6, 6.07) is 8.72. The Kier molecular flexibility index (Phi) is 3.96. The normalized spacial score (nSPS) is 18.5. The summed E-state index contributed by atoms with van der Waals surface area (Å²) in [6.45, 7) is 4.59. The SMILES string of the molecule is CC(C)C1C=CC(=C(c2cccs2)c2cccs2)S1. The largest absolute Gasteiger partial charge is 0.144 e. The maximum Gasteiger partial charge on any atom is 0.0368 e. The second kappa shape index (κ2) is 5.70. The molecule has 19 heavy (non-hydrogen) atoms. The van der Waals surface area contributed by atoms with Gasteiger partial charge in [0.05, 0.1) is 0 Å². The summed E-state index contributed by atoms with van der Waals surface area (Å²) in [4.78, 5) is 4.17. The average molecular weight is 305 g/mol. The van der Waals surface area contributed by atoms with Gasteiger partial charge in [-0.25, -0.2) is 0 Å². The first-order valence-corrected chi connectivity index (χ1v) is 9.06. The Morgan fingerprint density at radius 1 is 1.05 bits per heavy atom. The Labute approximate surface area is 126 Å². The number of thioether (sulfide) groups is 1. The van der Waals surface area contributed by atoms with Crippen molar-refractivity contribution in [1.82, 2.24) is 0 Å². The molecule has 0 nitrogen and oxygen atoms in total. The van der Waals surface area contributed by atoms with E-state index in [9.17, 15) is 0 Å². The number of rotatable bonds is 3. The van der Waals surface area contributed by atoms with E-state index in [0.29, 0.717) is 11.2 Å². The molecule has 0 saturated heterocycles. The summed E-state index contributed by atoms with van der Waals surface area (Å²) in [5.74, 6) is 0.687. The van der Waals surface area contributed by atoms with Gasteiger partial charge >= 0.3 is 0 Å². The molecule has 1 atom stereocenters. The summed E-state index contributed by atoms with van der Waals surface area (Å²) >= 11 is 5.66. The molecule has 3 heteroatoms. The van der Waals surface area contributed by atoms with Gasteiger partial charge in [0.25, 0.3) is 0 Å². The van der Waals surface area contributed by atoms with Crippen molar-refractivity contribution in [2.24, 2.45) is 5.92 Å². The van der Waals surface area contributed by atoms with Crippen LogP contribution in [0.3, 0.4) is 0 Å². The third kappa shape index (κ3) is 2.73. The summed E-state index contributed by atoms with van der Waals surface area (Å²) in [5, 5.41) is 4.93. The summed E-state index contributed by atoms with van der Waals surface area (Å²) in [6.07, 6.45) is 4.66. The molecule has 1 aliphatic rings. The van der Waals surface area contributed by atoms with Crippen molar-refractivity contribution in [2.45, 2.75) is 19.1 Å². The van der Waals surface area contributed by atoms with E-state index in [4.69, 9.17) is 0 Å². The molecule has 0 N–H and O–H groups in total. The third-order valence-electron chi connectivity index (χ3n) is 3.14. The van der Waals surface area contributed by atoms with Gasteiger partial charge in [-0.15, -0.1) is 34.4 Å². The Bertz CT molecular complexity index is 550. The van der Waals surface area contributed by atoms with E-state index in [-0.39, 0.29) is 0 Å². The molecule has 0 bridgehead atoms. The van der Waals surface area contributed by atoms with Crippen LogP contribution < -0.4 is 0 Å².